The van der Waals surface area contributed by atoms with Crippen LogP contribution in [0.4, 0.5) is 0 Å². The Bertz CT molecular complexity index is 1820. The van der Waals surface area contributed by atoms with Crippen molar-refractivity contribution in [3.8, 4) is 0 Å². The lowest BCUT2D eigenvalue weighted by atomic mass is 10.4. The summed E-state index contributed by atoms with van der Waals surface area (Å²) >= 11 is 0. The molecule has 0 aromatic heterocycles. The third-order valence-electron chi connectivity index (χ3n) is 7.29. The van der Waals surface area contributed by atoms with Crippen LogP contribution in [0.1, 0.15) is 0 Å². The highest BCUT2D eigenvalue weighted by Crippen LogP contribution is 2.45. The molecule has 0 aliphatic rings. The van der Waals surface area contributed by atoms with Crippen molar-refractivity contribution in [3.05, 3.63) is 0 Å². The minimum Gasteiger partial charge on any atom is -0.376 e. The maximum atomic E-state index is 11.4. The van der Waals surface area contributed by atoms with Crippen LogP contribution < -0.4 is 0 Å². The maximum absolute atomic E-state index is 11.4. The highest BCUT2D eigenvalue weighted by molar-refractivity contribution is 7.82. The molecule has 0 saturated heterocycles. The Balaban J connectivity index is -0.000000495. The Morgan fingerprint density at radius 2 is 0.438 bits per heavy atom. The number of hydrogen-bond donors (Lipinski definition) is 11. The summed E-state index contributed by atoms with van der Waals surface area (Å²) in [7, 11) is -19.8. The molecule has 0 aliphatic heterocycles. The van der Waals surface area contributed by atoms with Crippen LogP contribution in [0.5, 0.6) is 0 Å². The zero-order chi connectivity index (χ0) is 62.2. The van der Waals surface area contributed by atoms with E-state index in [1.807, 2.05) is 0 Å². The summed E-state index contributed by atoms with van der Waals surface area (Å²) in [5, 5.41) is 67.9. The first-order chi connectivity index (χ1) is 37.5. The smallest absolute Gasteiger partial charge is 0.376 e. The fourth-order valence-corrected chi connectivity index (χ4v) is 7.41. The highest BCUT2D eigenvalue weighted by Gasteiger charge is 2.30. The molecule has 11 N–H and O–H groups in total. The SMILES string of the molecule is COP(=O)(O)OC(COCO)COCC(COCO)OP(=O)(O)OC.COP(=O)(O)OC(COCO)COCO.COS(=O)(=O)OC(COCO)COCC(COCO)OS(=O)(=O)OC.COS(=O)(=O)OC(COCO)COCO. The fourth-order valence-electron chi connectivity index (χ4n) is 4.09. The molecule has 80 heavy (non-hydrogen) atoms. The van der Waals surface area contributed by atoms with Crippen LogP contribution in [0.3, 0.4) is 0 Å². The molecule has 0 heterocycles. The van der Waals surface area contributed by atoms with Gasteiger partial charge in [-0.25, -0.2) is 26.2 Å². The van der Waals surface area contributed by atoms with Gasteiger partial charge in [-0.05, 0) is 0 Å². The van der Waals surface area contributed by atoms with Crippen LogP contribution in [0.2, 0.25) is 0 Å². The predicted octanol–water partition coefficient (Wildman–Crippen LogP) is -6.06. The molecule has 488 valence electrons. The lowest BCUT2D eigenvalue weighted by Crippen LogP contribution is -2.33. The molecule has 0 aromatic carbocycles. The Labute approximate surface area is 460 Å². The summed E-state index contributed by atoms with van der Waals surface area (Å²) in [6, 6.07) is 0. The number of phosphoric acid groups is 3. The lowest BCUT2D eigenvalue weighted by molar-refractivity contribution is -0.0864. The number of rotatable bonds is 50. The number of aliphatic hydroxyl groups excluding tert-OH is 8. The van der Waals surface area contributed by atoms with E-state index in [0.29, 0.717) is 0 Å². The second kappa shape index (κ2) is 51.4. The van der Waals surface area contributed by atoms with E-state index in [0.717, 1.165) is 42.7 Å². The Hall–Kier alpha value is -0.780. The molecule has 0 saturated carbocycles. The van der Waals surface area contributed by atoms with Gasteiger partial charge in [-0.15, -0.1) is 0 Å². The van der Waals surface area contributed by atoms with Gasteiger partial charge in [0, 0.05) is 21.3 Å². The third-order valence-corrected chi connectivity index (χ3v) is 13.1. The lowest BCUT2D eigenvalue weighted by Gasteiger charge is -2.22. The molecule has 7 atom stereocenters. The molecule has 0 radical (unpaired) electrons. The van der Waals surface area contributed by atoms with E-state index in [2.05, 4.69) is 81.1 Å². The van der Waals surface area contributed by atoms with Crippen molar-refractivity contribution in [1.29, 1.82) is 0 Å². The van der Waals surface area contributed by atoms with Gasteiger partial charge < -0.3 is 103 Å². The molecular formula is C32H75O42P3S3. The summed E-state index contributed by atoms with van der Waals surface area (Å²) < 4.78 is 200. The largest absolute Gasteiger partial charge is 0.472 e. The van der Waals surface area contributed by atoms with E-state index in [4.69, 9.17) is 64.3 Å². The van der Waals surface area contributed by atoms with Crippen LogP contribution in [-0.4, -0.2) is 294 Å². The van der Waals surface area contributed by atoms with Gasteiger partial charge in [0.05, 0.1) is 101 Å². The first-order valence-electron chi connectivity index (χ1n) is 21.3. The first kappa shape index (κ1) is 85.7. The van der Waals surface area contributed by atoms with Gasteiger partial charge in [-0.3, -0.25) is 39.7 Å². The summed E-state index contributed by atoms with van der Waals surface area (Å²) in [6.45, 7) is -8.35. The zero-order valence-corrected chi connectivity index (χ0v) is 48.9. The number of ether oxygens (including phenoxy) is 10. The quantitative estimate of drug-likeness (QED) is 0.0199. The first-order valence-corrected chi connectivity index (χ1v) is 29.8. The molecule has 48 heteroatoms. The van der Waals surface area contributed by atoms with E-state index in [-0.39, 0.29) is 79.3 Å². The third kappa shape index (κ3) is 53.9. The molecule has 0 bridgehead atoms. The van der Waals surface area contributed by atoms with Crippen molar-refractivity contribution in [3.63, 3.8) is 0 Å². The molecule has 0 aromatic rings. The van der Waals surface area contributed by atoms with Crippen molar-refractivity contribution in [2.75, 3.05) is 176 Å². The average Bonchev–Trinajstić information content (AvgIpc) is 3.41. The van der Waals surface area contributed by atoms with Crippen molar-refractivity contribution in [2.24, 2.45) is 0 Å². The Kier molecular flexibility index (Phi) is 55.1. The predicted molar refractivity (Wildman–Crippen MR) is 253 cm³/mol. The second-order valence-corrected chi connectivity index (χ2v) is 21.7. The fraction of sp³-hybridized carbons (Fsp3) is 1.00. The number of aliphatic hydroxyl groups is 8. The highest BCUT2D eigenvalue weighted by atomic mass is 32.3. The van der Waals surface area contributed by atoms with E-state index < -0.39 is 146 Å². The van der Waals surface area contributed by atoms with E-state index in [1.165, 1.54) is 0 Å². The van der Waals surface area contributed by atoms with Crippen LogP contribution in [0, 0.1) is 0 Å². The standard InChI is InChI=1S/C10H24O13P2.C10H22O13S2.C6H15O8P.C6H14O8S/c2*1-17-24(13,14)22-9(5-20-7-11)3-19-4-10(6-21-8-12)23-25(15,16)18-2;2*1-11-15(9,10)14-6(2-12-4-7)3-13-5-8/h9-12H,3-8H2,1-2H3,(H,13,14)(H,15,16);9-12H,3-8H2,1-2H3;6-8H,2-5H2,1H3,(H,9,10);6-8H,2-5H2,1H3. The van der Waals surface area contributed by atoms with Gasteiger partial charge in [0.25, 0.3) is 0 Å². The Morgan fingerprint density at radius 3 is 0.588 bits per heavy atom. The van der Waals surface area contributed by atoms with Gasteiger partial charge in [-0.1, -0.05) is 0 Å². The van der Waals surface area contributed by atoms with Gasteiger partial charge in [-0.2, -0.15) is 25.3 Å². The maximum Gasteiger partial charge on any atom is 0.472 e. The van der Waals surface area contributed by atoms with Gasteiger partial charge in [0.15, 0.2) is 0 Å². The molecule has 42 nitrogen and oxygen atoms in total. The average molecular weight is 1320 g/mol. The van der Waals surface area contributed by atoms with Crippen LogP contribution in [0.15, 0.2) is 0 Å². The monoisotopic (exact) mass is 1320 g/mol. The number of hydrogen-bond acceptors (Lipinski definition) is 39. The normalized spacial score (nSPS) is 15.9. The minimum absolute atomic E-state index is 0.162. The second-order valence-electron chi connectivity index (χ2n) is 13.1. The van der Waals surface area contributed by atoms with Crippen molar-refractivity contribution in [2.45, 2.75) is 36.6 Å². The minimum atomic E-state index is -4.32. The molecule has 0 aliphatic carbocycles. The molecule has 0 spiro atoms. The van der Waals surface area contributed by atoms with Gasteiger partial charge in [0.2, 0.25) is 0 Å². The van der Waals surface area contributed by atoms with Gasteiger partial charge >= 0.3 is 54.7 Å². The molecular weight excluding hydrogens is 1250 g/mol. The van der Waals surface area contributed by atoms with Crippen LogP contribution >= 0.6 is 23.5 Å². The van der Waals surface area contributed by atoms with Crippen LogP contribution in [0.25, 0.3) is 0 Å². The topological polar surface area (TPSA) is 579 Å². The van der Waals surface area contributed by atoms with E-state index in [1.54, 1.807) is 0 Å². The van der Waals surface area contributed by atoms with Crippen molar-refractivity contribution >= 4 is 54.7 Å². The summed E-state index contributed by atoms with van der Waals surface area (Å²) in [6.07, 6.45) is -6.46. The summed E-state index contributed by atoms with van der Waals surface area (Å²) in [5.41, 5.74) is 0. The van der Waals surface area contributed by atoms with Gasteiger partial charge in [0.1, 0.15) is 91.0 Å². The Morgan fingerprint density at radius 1 is 0.287 bits per heavy atom. The molecule has 0 fully saturated rings. The molecule has 7 unspecified atom stereocenters. The summed E-state index contributed by atoms with van der Waals surface area (Å²) in [4.78, 5) is 27.5. The summed E-state index contributed by atoms with van der Waals surface area (Å²) in [5.74, 6) is 0. The van der Waals surface area contributed by atoms with Crippen molar-refractivity contribution in [1.82, 2.24) is 0 Å². The zero-order valence-electron chi connectivity index (χ0n) is 43.7. The van der Waals surface area contributed by atoms with E-state index in [9.17, 15) is 48.7 Å². The van der Waals surface area contributed by atoms with Crippen molar-refractivity contribution < 1.29 is 194 Å². The van der Waals surface area contributed by atoms with Crippen LogP contribution in [-0.2, 0) is 145 Å². The van der Waals surface area contributed by atoms with E-state index >= 15 is 0 Å². The number of phosphoric ester groups is 3. The molecule has 0 amide bonds. The molecule has 0 rings (SSSR count).